The Labute approximate surface area is 195 Å². The normalized spacial score (nSPS) is 11.7. The molecule has 33 heavy (non-hydrogen) atoms. The van der Waals surface area contributed by atoms with E-state index in [9.17, 15) is 40.0 Å². The number of rotatable bonds is 4. The first-order valence-corrected chi connectivity index (χ1v) is 14.5. The van der Waals surface area contributed by atoms with Crippen LogP contribution in [0.3, 0.4) is 0 Å². The van der Waals surface area contributed by atoms with Gasteiger partial charge in [-0.15, -0.1) is 0 Å². The Bertz CT molecular complexity index is 937. The maximum absolute atomic E-state index is 10.6. The van der Waals surface area contributed by atoms with Gasteiger partial charge in [-0.25, -0.2) is 0 Å². The van der Waals surface area contributed by atoms with Crippen LogP contribution in [-0.2, 0) is 0 Å². The van der Waals surface area contributed by atoms with Crippen molar-refractivity contribution in [3.05, 3.63) is 55.6 Å². The third-order valence-corrected chi connectivity index (χ3v) is 3.82. The molecule has 2 aliphatic rings. The van der Waals surface area contributed by atoms with Crippen LogP contribution in [0.2, 0.25) is 9.88 Å². The van der Waals surface area contributed by atoms with Crippen LogP contribution in [0.5, 0.6) is 23.0 Å². The summed E-state index contributed by atoms with van der Waals surface area (Å²) in [7, 11) is 0. The first-order valence-electron chi connectivity index (χ1n) is 8.77. The van der Waals surface area contributed by atoms with E-state index in [1.54, 1.807) is 0 Å². The molecule has 0 unspecified atom stereocenters. The number of hydrogen-bond acceptors (Lipinski definition) is 12. The maximum atomic E-state index is 10.6. The summed E-state index contributed by atoms with van der Waals surface area (Å²) in [6.45, 7) is -0.161. The number of carbonyl (C=O) groups excluding carboxylic acids is 2. The van der Waals surface area contributed by atoms with Gasteiger partial charge in [-0.1, -0.05) is 0 Å². The number of carbonyl (C=O) groups is 2. The molecule has 0 N–H and O–H groups in total. The van der Waals surface area contributed by atoms with Gasteiger partial charge in [0.25, 0.3) is 11.4 Å². The van der Waals surface area contributed by atoms with Crippen molar-refractivity contribution < 1.29 is 48.6 Å². The summed E-state index contributed by atoms with van der Waals surface area (Å²) in [6, 6.07) is 4.06. The Balaban J connectivity index is 0.000000209. The van der Waals surface area contributed by atoms with E-state index in [4.69, 9.17) is 18.9 Å². The number of nitrogens with zero attached hydrogens (tertiary/aromatic N) is 2. The van der Waals surface area contributed by atoms with Crippen molar-refractivity contribution in [2.45, 2.75) is 9.88 Å². The number of aromatic carboxylic acids is 2. The van der Waals surface area contributed by atoms with Crippen molar-refractivity contribution in [3.8, 4) is 23.0 Å². The Hall–Kier alpha value is -3.82. The van der Waals surface area contributed by atoms with Gasteiger partial charge in [-0.3, -0.25) is 20.2 Å². The van der Waals surface area contributed by atoms with E-state index < -0.39 is 44.3 Å². The van der Waals surface area contributed by atoms with Gasteiger partial charge in [-0.2, -0.15) is 0 Å². The van der Waals surface area contributed by atoms with E-state index >= 15 is 0 Å². The number of carboxylic acids is 2. The predicted molar refractivity (Wildman–Crippen MR) is 105 cm³/mol. The minimum atomic E-state index is -1.63. The van der Waals surface area contributed by atoms with Crippen molar-refractivity contribution in [3.63, 3.8) is 0 Å². The van der Waals surface area contributed by atoms with Crippen LogP contribution >= 0.6 is 0 Å². The average Bonchev–Trinajstić information content (AvgIpc) is 3.40. The van der Waals surface area contributed by atoms with E-state index in [2.05, 4.69) is 9.88 Å². The van der Waals surface area contributed by atoms with Gasteiger partial charge in [0.1, 0.15) is 0 Å². The molecular formula is C18H14N2O12Sn. The molecule has 0 aromatic heterocycles. The van der Waals surface area contributed by atoms with E-state index in [0.717, 1.165) is 24.3 Å². The Morgan fingerprint density at radius 1 is 0.727 bits per heavy atom. The van der Waals surface area contributed by atoms with Crippen molar-refractivity contribution >= 4 is 44.5 Å². The quantitative estimate of drug-likeness (QED) is 0.275. The summed E-state index contributed by atoms with van der Waals surface area (Å²) in [5.41, 5.74) is -2.19. The molecule has 2 aromatic carbocycles. The van der Waals surface area contributed by atoms with Crippen LogP contribution in [-0.4, -0.2) is 56.5 Å². The minimum absolute atomic E-state index is 0.0804. The molecule has 0 amide bonds. The number of fused-ring (bicyclic) bond motifs is 2. The summed E-state index contributed by atoms with van der Waals surface area (Å²) in [6.07, 6.45) is 0. The fourth-order valence-electron chi connectivity index (χ4n) is 2.49. The Morgan fingerprint density at radius 3 is 1.24 bits per heavy atom. The van der Waals surface area contributed by atoms with Gasteiger partial charge >= 0.3 is 31.0 Å². The Kier molecular flexibility index (Phi) is 8.61. The van der Waals surface area contributed by atoms with E-state index in [1.807, 2.05) is 0 Å². The van der Waals surface area contributed by atoms with Crippen molar-refractivity contribution in [1.29, 1.82) is 0 Å². The summed E-state index contributed by atoms with van der Waals surface area (Å²) in [4.78, 5) is 45.3. The van der Waals surface area contributed by atoms with Crippen LogP contribution in [0.4, 0.5) is 11.4 Å². The summed E-state index contributed by atoms with van der Waals surface area (Å²) < 4.78 is 19.5. The molecule has 2 aromatic rings. The monoisotopic (exact) mass is 570 g/mol. The molecule has 0 spiro atoms. The van der Waals surface area contributed by atoms with Gasteiger partial charge in [-0.05, 0) is 0 Å². The standard InChI is InChI=1S/2C8H5NO6.2CH3.Sn/c2*10-8(11)4-1-6-7(15-3-14-6)2-5(4)9(12)13;;;/h2*1-2H,3H2,(H,10,11);2*1H3;/q;;;;+2/p-2. The van der Waals surface area contributed by atoms with E-state index in [1.165, 1.54) is 0 Å². The average molecular weight is 569 g/mol. The van der Waals surface area contributed by atoms with Crippen LogP contribution in [0.15, 0.2) is 24.3 Å². The topological polar surface area (TPSA) is 203 Å². The number of nitro groups is 2. The molecule has 15 heteroatoms. The van der Waals surface area contributed by atoms with E-state index in [-0.39, 0.29) is 57.7 Å². The molecule has 0 aliphatic carbocycles. The molecular weight excluding hydrogens is 555 g/mol. The molecule has 0 atom stereocenters. The van der Waals surface area contributed by atoms with Gasteiger partial charge in [0.05, 0.1) is 45.0 Å². The fraction of sp³-hybridized carbons (Fsp3) is 0.222. The second-order valence-electron chi connectivity index (χ2n) is 6.03. The summed E-state index contributed by atoms with van der Waals surface area (Å²) in [5.74, 6) is -2.60. The van der Waals surface area contributed by atoms with Crippen molar-refractivity contribution in [2.24, 2.45) is 0 Å². The molecule has 14 nitrogen and oxygen atoms in total. The fourth-order valence-corrected chi connectivity index (χ4v) is 2.49. The summed E-state index contributed by atoms with van der Waals surface area (Å²) >= 11 is 0.230. The second kappa shape index (κ2) is 11.2. The summed E-state index contributed by atoms with van der Waals surface area (Å²) in [5, 5.41) is 42.3. The molecule has 0 bridgehead atoms. The number of hydrogen-bond donors (Lipinski definition) is 0. The van der Waals surface area contributed by atoms with Gasteiger partial charge in [0.15, 0.2) is 23.0 Å². The first-order chi connectivity index (χ1) is 15.6. The molecule has 2 heterocycles. The molecule has 0 fully saturated rings. The third kappa shape index (κ3) is 6.12. The van der Waals surface area contributed by atoms with Crippen LogP contribution in [0.25, 0.3) is 0 Å². The van der Waals surface area contributed by atoms with Gasteiger partial charge < -0.3 is 38.7 Å². The number of nitro benzene ring substituents is 2. The molecule has 0 saturated carbocycles. The van der Waals surface area contributed by atoms with Gasteiger partial charge in [0.2, 0.25) is 13.6 Å². The number of ether oxygens (including phenoxy) is 4. The molecule has 4 rings (SSSR count). The van der Waals surface area contributed by atoms with Crippen molar-refractivity contribution in [1.82, 2.24) is 0 Å². The Morgan fingerprint density at radius 2 is 1.00 bits per heavy atom. The molecule has 0 saturated heterocycles. The molecule has 2 aliphatic heterocycles. The second-order valence-corrected chi connectivity index (χ2v) is 8.89. The zero-order valence-corrected chi connectivity index (χ0v) is 19.9. The van der Waals surface area contributed by atoms with Crippen molar-refractivity contribution in [2.75, 3.05) is 13.6 Å². The SMILES string of the molecule is O=C([O-])c1cc2c(cc1[N+](=O)[O-])OCO2.O=C([O-])c1cc2c(cc1[N+](=O)[O-])OCO2.[CH3][Sn+2][CH3]. The van der Waals surface area contributed by atoms with E-state index in [0.29, 0.717) is 0 Å². The molecule has 0 radical (unpaired) electrons. The van der Waals surface area contributed by atoms with Crippen LogP contribution < -0.4 is 29.2 Å². The van der Waals surface area contributed by atoms with Gasteiger partial charge in [0, 0.05) is 12.1 Å². The molecule has 172 valence electrons. The van der Waals surface area contributed by atoms with Crippen LogP contribution in [0, 0.1) is 20.2 Å². The third-order valence-electron chi connectivity index (χ3n) is 3.82. The predicted octanol–water partition coefficient (Wildman–Crippen LogP) is 0.161. The number of carboxylic acid groups (broad SMARTS) is 2. The van der Waals surface area contributed by atoms with Crippen LogP contribution in [0.1, 0.15) is 20.7 Å². The first kappa shape index (κ1) is 25.4. The number of benzene rings is 2. The zero-order valence-electron chi connectivity index (χ0n) is 17.0. The zero-order chi connectivity index (χ0) is 24.7.